The number of aliphatic hydroxyl groups excluding tert-OH is 1. The van der Waals surface area contributed by atoms with Gasteiger partial charge in [-0.05, 0) is 36.3 Å². The first-order valence-electron chi connectivity index (χ1n) is 8.15. The highest BCUT2D eigenvalue weighted by Crippen LogP contribution is 2.36. The van der Waals surface area contributed by atoms with Crippen LogP contribution in [0.5, 0.6) is 0 Å². The van der Waals surface area contributed by atoms with E-state index in [0.29, 0.717) is 13.2 Å². The molecular weight excluding hydrogens is 366 g/mol. The van der Waals surface area contributed by atoms with Crippen LogP contribution in [0.15, 0.2) is 71.3 Å². The van der Waals surface area contributed by atoms with E-state index in [-0.39, 0.29) is 12.6 Å². The predicted molar refractivity (Wildman–Crippen MR) is 99.3 cm³/mol. The molecule has 0 aliphatic carbocycles. The maximum atomic E-state index is 9.49. The molecule has 0 bridgehead atoms. The van der Waals surface area contributed by atoms with E-state index in [4.69, 9.17) is 4.74 Å². The molecule has 126 valence electrons. The molecule has 0 amide bonds. The van der Waals surface area contributed by atoms with Gasteiger partial charge in [-0.1, -0.05) is 58.4 Å². The third-order valence-corrected chi connectivity index (χ3v) is 5.13. The first-order valence-corrected chi connectivity index (χ1v) is 8.95. The summed E-state index contributed by atoms with van der Waals surface area (Å²) in [7, 11) is 0. The number of halogens is 1. The van der Waals surface area contributed by atoms with Crippen molar-refractivity contribution in [3.8, 4) is 0 Å². The second-order valence-corrected chi connectivity index (χ2v) is 6.98. The lowest BCUT2D eigenvalue weighted by Gasteiger charge is -2.40. The highest BCUT2D eigenvalue weighted by atomic mass is 79.9. The van der Waals surface area contributed by atoms with Gasteiger partial charge in [0.2, 0.25) is 0 Å². The fourth-order valence-electron chi connectivity index (χ4n) is 3.04. The van der Waals surface area contributed by atoms with Crippen LogP contribution in [-0.4, -0.2) is 23.3 Å². The Hall–Kier alpha value is -1.62. The monoisotopic (exact) mass is 387 g/mol. The van der Waals surface area contributed by atoms with Crippen molar-refractivity contribution in [2.24, 2.45) is 0 Å². The van der Waals surface area contributed by atoms with Crippen LogP contribution in [0.25, 0.3) is 0 Å². The number of aliphatic hydroxyl groups is 1. The highest BCUT2D eigenvalue weighted by Gasteiger charge is 2.34. The minimum Gasteiger partial charge on any atom is -0.396 e. The third kappa shape index (κ3) is 3.56. The van der Waals surface area contributed by atoms with Crippen molar-refractivity contribution in [3.05, 3.63) is 82.5 Å². The Balaban J connectivity index is 1.82. The van der Waals surface area contributed by atoms with Crippen LogP contribution in [0.2, 0.25) is 0 Å². The van der Waals surface area contributed by atoms with Crippen LogP contribution in [-0.2, 0) is 10.3 Å². The highest BCUT2D eigenvalue weighted by molar-refractivity contribution is 9.10. The Morgan fingerprint density at radius 3 is 2.46 bits per heavy atom. The van der Waals surface area contributed by atoms with Gasteiger partial charge in [-0.15, -0.1) is 0 Å². The molecule has 4 heteroatoms. The first kappa shape index (κ1) is 17.2. The molecule has 2 aromatic rings. The molecule has 0 fully saturated rings. The maximum absolute atomic E-state index is 9.49. The molecular formula is C20H22BrNO2. The van der Waals surface area contributed by atoms with Crippen molar-refractivity contribution < 1.29 is 9.84 Å². The van der Waals surface area contributed by atoms with Gasteiger partial charge in [0.1, 0.15) is 12.3 Å². The van der Waals surface area contributed by atoms with Crippen LogP contribution in [0.1, 0.15) is 30.5 Å². The summed E-state index contributed by atoms with van der Waals surface area (Å²) < 4.78 is 7.32. The normalized spacial score (nSPS) is 21.7. The summed E-state index contributed by atoms with van der Waals surface area (Å²) in [6, 6.07) is 18.7. The number of ether oxygens (including phenoxy) is 1. The second kappa shape index (κ2) is 7.51. The van der Waals surface area contributed by atoms with Crippen LogP contribution in [0.3, 0.4) is 0 Å². The van der Waals surface area contributed by atoms with Gasteiger partial charge in [-0.3, -0.25) is 0 Å². The summed E-state index contributed by atoms with van der Waals surface area (Å²) in [5.74, 6) is 0. The van der Waals surface area contributed by atoms with E-state index in [2.05, 4.69) is 64.3 Å². The fraction of sp³-hybridized carbons (Fsp3) is 0.300. The van der Waals surface area contributed by atoms with Crippen LogP contribution in [0.4, 0.5) is 0 Å². The van der Waals surface area contributed by atoms with Gasteiger partial charge in [0.05, 0.1) is 6.04 Å². The topological polar surface area (TPSA) is 32.7 Å². The minimum atomic E-state index is -0.550. The van der Waals surface area contributed by atoms with Crippen molar-refractivity contribution in [1.82, 2.24) is 4.90 Å². The Labute approximate surface area is 151 Å². The Bertz CT molecular complexity index is 687. The van der Waals surface area contributed by atoms with Crippen molar-refractivity contribution >= 4 is 15.9 Å². The Morgan fingerprint density at radius 1 is 1.17 bits per heavy atom. The van der Waals surface area contributed by atoms with Gasteiger partial charge in [0, 0.05) is 23.7 Å². The number of rotatable bonds is 5. The predicted octanol–water partition coefficient (Wildman–Crippen LogP) is 4.59. The fourth-order valence-corrected chi connectivity index (χ4v) is 3.30. The molecule has 1 heterocycles. The van der Waals surface area contributed by atoms with E-state index in [9.17, 15) is 5.11 Å². The van der Waals surface area contributed by atoms with Gasteiger partial charge >= 0.3 is 0 Å². The molecule has 2 atom stereocenters. The second-order valence-electron chi connectivity index (χ2n) is 6.06. The van der Waals surface area contributed by atoms with Crippen molar-refractivity contribution in [2.75, 3.05) is 13.3 Å². The summed E-state index contributed by atoms with van der Waals surface area (Å²) in [5.41, 5.74) is 1.76. The molecule has 0 radical (unpaired) electrons. The summed E-state index contributed by atoms with van der Waals surface area (Å²) in [5, 5.41) is 9.49. The van der Waals surface area contributed by atoms with Gasteiger partial charge in [-0.25, -0.2) is 0 Å². The van der Waals surface area contributed by atoms with Gasteiger partial charge in [0.15, 0.2) is 0 Å². The summed E-state index contributed by atoms with van der Waals surface area (Å²) in [6.07, 6.45) is 4.71. The lowest BCUT2D eigenvalue weighted by Crippen LogP contribution is -2.39. The average Bonchev–Trinajstić information content (AvgIpc) is 2.63. The first-order chi connectivity index (χ1) is 11.6. The third-order valence-electron chi connectivity index (χ3n) is 4.60. The van der Waals surface area contributed by atoms with E-state index >= 15 is 0 Å². The Kier molecular flexibility index (Phi) is 5.39. The molecule has 1 aliphatic heterocycles. The standard InChI is InChI=1S/C20H22BrNO2/c1-16(17-7-9-19(21)10-8-17)22-13-11-20(12-14-23,24-15-22)18-5-3-2-4-6-18/h2-11,13,16,23H,12,14-15H2,1H3/t16-,20+/m0/s1. The van der Waals surface area contributed by atoms with Gasteiger partial charge in [0.25, 0.3) is 0 Å². The Morgan fingerprint density at radius 2 is 1.88 bits per heavy atom. The van der Waals surface area contributed by atoms with E-state index in [0.717, 1.165) is 10.0 Å². The summed E-state index contributed by atoms with van der Waals surface area (Å²) in [6.45, 7) is 2.74. The SMILES string of the molecule is C[C@@H](c1ccc(Br)cc1)N1C=C[C@@](CCO)(c2ccccc2)OC1. The lowest BCUT2D eigenvalue weighted by molar-refractivity contribution is -0.0919. The molecule has 1 N–H and O–H groups in total. The van der Waals surface area contributed by atoms with Gasteiger partial charge in [-0.2, -0.15) is 0 Å². The number of hydrogen-bond donors (Lipinski definition) is 1. The zero-order chi connectivity index (χ0) is 17.0. The molecule has 3 nitrogen and oxygen atoms in total. The zero-order valence-electron chi connectivity index (χ0n) is 13.7. The van der Waals surface area contributed by atoms with Crippen LogP contribution < -0.4 is 0 Å². The van der Waals surface area contributed by atoms with E-state index < -0.39 is 5.60 Å². The summed E-state index contributed by atoms with van der Waals surface area (Å²) in [4.78, 5) is 2.17. The average molecular weight is 388 g/mol. The number of nitrogens with zero attached hydrogens (tertiary/aromatic N) is 1. The molecule has 3 rings (SSSR count). The molecule has 0 spiro atoms. The molecule has 0 aromatic heterocycles. The largest absolute Gasteiger partial charge is 0.396 e. The molecule has 0 saturated heterocycles. The van der Waals surface area contributed by atoms with Crippen LogP contribution in [0, 0.1) is 0 Å². The van der Waals surface area contributed by atoms with Crippen molar-refractivity contribution in [3.63, 3.8) is 0 Å². The quantitative estimate of drug-likeness (QED) is 0.813. The maximum Gasteiger partial charge on any atom is 0.120 e. The number of benzene rings is 2. The molecule has 1 aliphatic rings. The van der Waals surface area contributed by atoms with Crippen molar-refractivity contribution in [1.29, 1.82) is 0 Å². The zero-order valence-corrected chi connectivity index (χ0v) is 15.3. The smallest absolute Gasteiger partial charge is 0.120 e. The van der Waals surface area contributed by atoms with Crippen molar-refractivity contribution in [2.45, 2.75) is 25.0 Å². The van der Waals surface area contributed by atoms with Gasteiger partial charge < -0.3 is 14.7 Å². The van der Waals surface area contributed by atoms with E-state index in [1.165, 1.54) is 5.56 Å². The molecule has 24 heavy (non-hydrogen) atoms. The summed E-state index contributed by atoms with van der Waals surface area (Å²) >= 11 is 3.47. The lowest BCUT2D eigenvalue weighted by atomic mass is 9.89. The number of hydrogen-bond acceptors (Lipinski definition) is 3. The molecule has 0 saturated carbocycles. The minimum absolute atomic E-state index is 0.0848. The molecule has 0 unspecified atom stereocenters. The van der Waals surface area contributed by atoms with E-state index in [1.54, 1.807) is 0 Å². The molecule has 2 aromatic carbocycles. The van der Waals surface area contributed by atoms with E-state index in [1.807, 2.05) is 30.3 Å². The van der Waals surface area contributed by atoms with Crippen LogP contribution >= 0.6 is 15.9 Å².